The predicted molar refractivity (Wildman–Crippen MR) is 131 cm³/mol. The molecule has 0 aliphatic heterocycles. The van der Waals surface area contributed by atoms with Crippen LogP contribution in [0.2, 0.25) is 0 Å². The lowest BCUT2D eigenvalue weighted by Gasteiger charge is -2.12. The van der Waals surface area contributed by atoms with Crippen LogP contribution in [0.5, 0.6) is 17.2 Å². The Balaban J connectivity index is 1.50. The van der Waals surface area contributed by atoms with E-state index in [1.165, 1.54) is 13.2 Å². The fourth-order valence-electron chi connectivity index (χ4n) is 3.71. The summed E-state index contributed by atoms with van der Waals surface area (Å²) >= 11 is 0. The van der Waals surface area contributed by atoms with Crippen LogP contribution in [0.15, 0.2) is 88.6 Å². The van der Waals surface area contributed by atoms with Gasteiger partial charge in [-0.25, -0.2) is 4.79 Å². The van der Waals surface area contributed by atoms with Gasteiger partial charge in [-0.15, -0.1) is 6.58 Å². The first-order valence-corrected chi connectivity index (χ1v) is 10.7. The Morgan fingerprint density at radius 2 is 1.82 bits per heavy atom. The highest BCUT2D eigenvalue weighted by atomic mass is 16.6. The summed E-state index contributed by atoms with van der Waals surface area (Å²) in [6, 6.07) is 19.5. The van der Waals surface area contributed by atoms with E-state index in [4.69, 9.17) is 18.6 Å². The van der Waals surface area contributed by atoms with Gasteiger partial charge in [0.2, 0.25) is 5.43 Å². The van der Waals surface area contributed by atoms with Gasteiger partial charge >= 0.3 is 5.97 Å². The molecular weight excluding hydrogens is 432 g/mol. The van der Waals surface area contributed by atoms with Crippen LogP contribution in [0, 0.1) is 6.92 Å². The Bertz CT molecular complexity index is 1400. The molecule has 34 heavy (non-hydrogen) atoms. The van der Waals surface area contributed by atoms with Crippen LogP contribution in [0.4, 0.5) is 0 Å². The normalized spacial score (nSPS) is 10.6. The average Bonchev–Trinajstić information content (AvgIpc) is 2.84. The summed E-state index contributed by atoms with van der Waals surface area (Å²) in [6.07, 6.45) is 2.49. The predicted octanol–water partition coefficient (Wildman–Crippen LogP) is 5.49. The van der Waals surface area contributed by atoms with Crippen molar-refractivity contribution >= 4 is 16.9 Å². The Labute approximate surface area is 197 Å². The molecule has 4 rings (SSSR count). The van der Waals surface area contributed by atoms with Crippen molar-refractivity contribution in [2.45, 2.75) is 13.3 Å². The maximum atomic E-state index is 13.1. The van der Waals surface area contributed by atoms with Crippen LogP contribution in [0.1, 0.15) is 11.3 Å². The molecule has 1 heterocycles. The van der Waals surface area contributed by atoms with Crippen molar-refractivity contribution in [3.05, 3.63) is 101 Å². The highest BCUT2D eigenvalue weighted by Gasteiger charge is 2.15. The van der Waals surface area contributed by atoms with E-state index in [0.29, 0.717) is 40.2 Å². The number of ether oxygens (including phenoxy) is 3. The molecular formula is C28H24O6. The van der Waals surface area contributed by atoms with Crippen molar-refractivity contribution in [1.29, 1.82) is 0 Å². The molecule has 0 atom stereocenters. The zero-order valence-electron chi connectivity index (χ0n) is 19.0. The molecule has 4 aromatic rings. The minimum absolute atomic E-state index is 0.141. The Kier molecular flexibility index (Phi) is 6.78. The summed E-state index contributed by atoms with van der Waals surface area (Å²) in [6.45, 7) is 5.15. The highest BCUT2D eigenvalue weighted by Crippen LogP contribution is 2.29. The lowest BCUT2D eigenvalue weighted by atomic mass is 10.0. The molecule has 0 saturated carbocycles. The molecule has 0 unspecified atom stereocenters. The fraction of sp³-hybridized carbons (Fsp3) is 0.143. The van der Waals surface area contributed by atoms with Crippen molar-refractivity contribution in [2.75, 3.05) is 13.7 Å². The van der Waals surface area contributed by atoms with Gasteiger partial charge in [0.25, 0.3) is 0 Å². The standard InChI is InChI=1S/C28H24O6/c1-4-8-19-11-14-23(25(15-19)31-3)32-17-26(29)34-21-12-13-22-24(16-21)33-18(2)27(28(22)30)20-9-6-5-7-10-20/h4-7,9-16H,1,8,17H2,2-3H3. The molecule has 0 spiro atoms. The number of benzene rings is 3. The number of fused-ring (bicyclic) bond motifs is 1. The molecule has 6 nitrogen and oxygen atoms in total. The van der Waals surface area contributed by atoms with Gasteiger partial charge in [-0.05, 0) is 48.7 Å². The lowest BCUT2D eigenvalue weighted by Crippen LogP contribution is -2.18. The quantitative estimate of drug-likeness (QED) is 0.198. The first-order valence-electron chi connectivity index (χ1n) is 10.7. The maximum Gasteiger partial charge on any atom is 0.349 e. The van der Waals surface area contributed by atoms with Crippen molar-refractivity contribution in [1.82, 2.24) is 0 Å². The number of hydrogen-bond donors (Lipinski definition) is 0. The van der Waals surface area contributed by atoms with Crippen molar-refractivity contribution in [2.24, 2.45) is 0 Å². The topological polar surface area (TPSA) is 75.0 Å². The minimum atomic E-state index is -0.600. The number of carbonyl (C=O) groups excluding carboxylic acids is 1. The summed E-state index contributed by atoms with van der Waals surface area (Å²) in [5.74, 6) is 1.09. The third-order valence-corrected chi connectivity index (χ3v) is 5.29. The lowest BCUT2D eigenvalue weighted by molar-refractivity contribution is -0.136. The highest BCUT2D eigenvalue weighted by molar-refractivity contribution is 5.84. The molecule has 0 bridgehead atoms. The number of carbonyl (C=O) groups is 1. The van der Waals surface area contributed by atoms with Crippen molar-refractivity contribution < 1.29 is 23.4 Å². The van der Waals surface area contributed by atoms with Crippen LogP contribution in [-0.4, -0.2) is 19.7 Å². The molecule has 172 valence electrons. The number of hydrogen-bond acceptors (Lipinski definition) is 6. The summed E-state index contributed by atoms with van der Waals surface area (Å²) in [7, 11) is 1.53. The second-order valence-electron chi connectivity index (χ2n) is 7.63. The SMILES string of the molecule is C=CCc1ccc(OCC(=O)Oc2ccc3c(=O)c(-c4ccccc4)c(C)oc3c2)c(OC)c1. The van der Waals surface area contributed by atoms with Gasteiger partial charge in [0.05, 0.1) is 18.1 Å². The molecule has 0 amide bonds. The second kappa shape index (κ2) is 10.1. The van der Waals surface area contributed by atoms with E-state index in [-0.39, 0.29) is 17.8 Å². The minimum Gasteiger partial charge on any atom is -0.493 e. The zero-order chi connectivity index (χ0) is 24.1. The molecule has 0 aliphatic carbocycles. The van der Waals surface area contributed by atoms with E-state index in [1.807, 2.05) is 42.5 Å². The summed E-state index contributed by atoms with van der Waals surface area (Å²) in [5.41, 5.74) is 2.52. The van der Waals surface area contributed by atoms with Gasteiger partial charge in [0.15, 0.2) is 18.1 Å². The van der Waals surface area contributed by atoms with Crippen LogP contribution in [-0.2, 0) is 11.2 Å². The number of rotatable bonds is 8. The fourth-order valence-corrected chi connectivity index (χ4v) is 3.71. The number of esters is 1. The Hall–Kier alpha value is -4.32. The molecule has 0 radical (unpaired) electrons. The van der Waals surface area contributed by atoms with Crippen LogP contribution in [0.3, 0.4) is 0 Å². The first-order chi connectivity index (χ1) is 16.5. The third-order valence-electron chi connectivity index (χ3n) is 5.29. The third kappa shape index (κ3) is 4.86. The van der Waals surface area contributed by atoms with Gasteiger partial charge in [-0.1, -0.05) is 42.5 Å². The van der Waals surface area contributed by atoms with Gasteiger partial charge in [0.1, 0.15) is 17.1 Å². The molecule has 0 saturated heterocycles. The van der Waals surface area contributed by atoms with E-state index >= 15 is 0 Å². The van der Waals surface area contributed by atoms with Gasteiger partial charge < -0.3 is 18.6 Å². The van der Waals surface area contributed by atoms with E-state index in [2.05, 4.69) is 6.58 Å². The van der Waals surface area contributed by atoms with E-state index in [9.17, 15) is 9.59 Å². The molecule has 0 fully saturated rings. The molecule has 1 aromatic heterocycles. The number of methoxy groups -OCH3 is 1. The van der Waals surface area contributed by atoms with Gasteiger partial charge in [-0.2, -0.15) is 0 Å². The van der Waals surface area contributed by atoms with Crippen LogP contribution in [0.25, 0.3) is 22.1 Å². The summed E-state index contributed by atoms with van der Waals surface area (Å²) in [4.78, 5) is 25.4. The van der Waals surface area contributed by atoms with Crippen molar-refractivity contribution in [3.8, 4) is 28.4 Å². The van der Waals surface area contributed by atoms with Gasteiger partial charge in [0, 0.05) is 6.07 Å². The van der Waals surface area contributed by atoms with E-state index in [1.54, 1.807) is 31.2 Å². The Morgan fingerprint density at radius 3 is 2.56 bits per heavy atom. The maximum absolute atomic E-state index is 13.1. The summed E-state index contributed by atoms with van der Waals surface area (Å²) in [5, 5.41) is 0.407. The smallest absolute Gasteiger partial charge is 0.349 e. The molecule has 6 heteroatoms. The van der Waals surface area contributed by atoms with Crippen LogP contribution < -0.4 is 19.6 Å². The summed E-state index contributed by atoms with van der Waals surface area (Å²) < 4.78 is 22.2. The largest absolute Gasteiger partial charge is 0.493 e. The monoisotopic (exact) mass is 456 g/mol. The average molecular weight is 456 g/mol. The number of allylic oxidation sites excluding steroid dienone is 1. The van der Waals surface area contributed by atoms with Crippen LogP contribution >= 0.6 is 0 Å². The molecule has 0 N–H and O–H groups in total. The molecule has 3 aromatic carbocycles. The zero-order valence-corrected chi connectivity index (χ0v) is 19.0. The van der Waals surface area contributed by atoms with E-state index < -0.39 is 5.97 Å². The van der Waals surface area contributed by atoms with Gasteiger partial charge in [-0.3, -0.25) is 4.79 Å². The number of aryl methyl sites for hydroxylation is 1. The second-order valence-corrected chi connectivity index (χ2v) is 7.63. The first kappa shape index (κ1) is 22.9. The Morgan fingerprint density at radius 1 is 1.03 bits per heavy atom. The van der Waals surface area contributed by atoms with Crippen molar-refractivity contribution in [3.63, 3.8) is 0 Å². The van der Waals surface area contributed by atoms with E-state index in [0.717, 1.165) is 11.1 Å². The molecule has 0 aliphatic rings.